The van der Waals surface area contributed by atoms with Gasteiger partial charge in [-0.3, -0.25) is 4.79 Å². The molecule has 1 atom stereocenters. The van der Waals surface area contributed by atoms with Gasteiger partial charge in [0, 0.05) is 6.54 Å². The molecule has 0 saturated heterocycles. The summed E-state index contributed by atoms with van der Waals surface area (Å²) in [6.07, 6.45) is 0.964. The maximum Gasteiger partial charge on any atom is 0.408 e. The molecule has 5 heteroatoms. The van der Waals surface area contributed by atoms with Gasteiger partial charge in [-0.25, -0.2) is 4.79 Å². The van der Waals surface area contributed by atoms with Gasteiger partial charge in [-0.1, -0.05) is 27.7 Å². The summed E-state index contributed by atoms with van der Waals surface area (Å²) in [5, 5.41) is 5.55. The lowest BCUT2D eigenvalue weighted by atomic mass is 10.0. The highest BCUT2D eigenvalue weighted by Crippen LogP contribution is 2.09. The molecule has 0 spiro atoms. The molecular weight excluding hydrogens is 268 g/mol. The van der Waals surface area contributed by atoms with Crippen molar-refractivity contribution in [2.75, 3.05) is 6.54 Å². The highest BCUT2D eigenvalue weighted by molar-refractivity contribution is 5.85. The molecule has 0 aromatic carbocycles. The number of hydrogen-bond donors (Lipinski definition) is 2. The summed E-state index contributed by atoms with van der Waals surface area (Å²) in [4.78, 5) is 24.0. The fraction of sp³-hybridized carbons (Fsp3) is 0.875. The molecule has 0 aromatic heterocycles. The number of nitrogens with one attached hydrogen (secondary N) is 2. The van der Waals surface area contributed by atoms with Crippen LogP contribution in [0.3, 0.4) is 0 Å². The third kappa shape index (κ3) is 11.1. The van der Waals surface area contributed by atoms with E-state index in [4.69, 9.17) is 4.74 Å². The van der Waals surface area contributed by atoms with Crippen molar-refractivity contribution in [3.8, 4) is 0 Å². The molecule has 0 unspecified atom stereocenters. The van der Waals surface area contributed by atoms with Gasteiger partial charge < -0.3 is 15.4 Å². The molecule has 0 rings (SSSR count). The quantitative estimate of drug-likeness (QED) is 0.759. The number of hydrogen-bond acceptors (Lipinski definition) is 3. The first-order chi connectivity index (χ1) is 9.51. The summed E-state index contributed by atoms with van der Waals surface area (Å²) in [5.74, 6) is 0.698. The Balaban J connectivity index is 4.50. The molecule has 0 saturated carbocycles. The molecule has 5 nitrogen and oxygen atoms in total. The Bertz CT molecular complexity index is 333. The Morgan fingerprint density at radius 1 is 1.05 bits per heavy atom. The topological polar surface area (TPSA) is 67.4 Å². The molecule has 124 valence electrons. The number of alkyl carbamates (subject to hydrolysis) is 1. The first-order valence-corrected chi connectivity index (χ1v) is 7.78. The monoisotopic (exact) mass is 300 g/mol. The van der Waals surface area contributed by atoms with Crippen molar-refractivity contribution in [2.45, 2.75) is 73.0 Å². The third-order valence-electron chi connectivity index (χ3n) is 2.74. The van der Waals surface area contributed by atoms with Crippen LogP contribution in [0, 0.1) is 11.8 Å². The number of rotatable bonds is 7. The van der Waals surface area contributed by atoms with Crippen molar-refractivity contribution in [1.29, 1.82) is 0 Å². The van der Waals surface area contributed by atoms with Gasteiger partial charge in [0.15, 0.2) is 0 Å². The molecule has 0 radical (unpaired) electrons. The summed E-state index contributed by atoms with van der Waals surface area (Å²) in [5.41, 5.74) is -0.569. The van der Waals surface area contributed by atoms with E-state index in [1.807, 2.05) is 13.8 Å². The van der Waals surface area contributed by atoms with Crippen molar-refractivity contribution < 1.29 is 14.3 Å². The molecule has 0 aliphatic heterocycles. The molecule has 0 aliphatic carbocycles. The van der Waals surface area contributed by atoms with E-state index in [0.29, 0.717) is 24.8 Å². The second kappa shape index (κ2) is 8.90. The van der Waals surface area contributed by atoms with Crippen LogP contribution in [0.5, 0.6) is 0 Å². The van der Waals surface area contributed by atoms with Gasteiger partial charge in [0.1, 0.15) is 11.6 Å². The van der Waals surface area contributed by atoms with E-state index in [2.05, 4.69) is 24.5 Å². The minimum absolute atomic E-state index is 0.143. The Kier molecular flexibility index (Phi) is 8.37. The van der Waals surface area contributed by atoms with Crippen molar-refractivity contribution in [3.05, 3.63) is 0 Å². The second-order valence-electron chi connectivity index (χ2n) is 7.30. The molecular formula is C16H32N2O3. The zero-order valence-corrected chi connectivity index (χ0v) is 14.6. The fourth-order valence-corrected chi connectivity index (χ4v) is 1.76. The normalized spacial score (nSPS) is 13.2. The summed E-state index contributed by atoms with van der Waals surface area (Å²) >= 11 is 0. The van der Waals surface area contributed by atoms with Gasteiger partial charge >= 0.3 is 6.09 Å². The van der Waals surface area contributed by atoms with E-state index < -0.39 is 17.7 Å². The number of carbonyl (C=O) groups is 2. The maximum absolute atomic E-state index is 12.2. The zero-order valence-electron chi connectivity index (χ0n) is 14.6. The molecule has 0 fully saturated rings. The van der Waals surface area contributed by atoms with Crippen molar-refractivity contribution in [2.24, 2.45) is 11.8 Å². The minimum Gasteiger partial charge on any atom is -0.444 e. The van der Waals surface area contributed by atoms with Gasteiger partial charge in [-0.15, -0.1) is 0 Å². The van der Waals surface area contributed by atoms with Crippen LogP contribution in [0.15, 0.2) is 0 Å². The van der Waals surface area contributed by atoms with E-state index in [-0.39, 0.29) is 5.91 Å². The first-order valence-electron chi connectivity index (χ1n) is 7.78. The van der Waals surface area contributed by atoms with Crippen molar-refractivity contribution in [3.63, 3.8) is 0 Å². The fourth-order valence-electron chi connectivity index (χ4n) is 1.76. The summed E-state index contributed by atoms with van der Waals surface area (Å²) < 4.78 is 5.21. The smallest absolute Gasteiger partial charge is 0.408 e. The van der Waals surface area contributed by atoms with Gasteiger partial charge in [-0.2, -0.15) is 0 Å². The predicted molar refractivity (Wildman–Crippen MR) is 85.1 cm³/mol. The average molecular weight is 300 g/mol. The standard InChI is InChI=1S/C16H32N2O3/c1-11(2)8-9-17-14(19)13(10-12(3)4)18-15(20)21-16(5,6)7/h11-13H,8-10H2,1-7H3,(H,17,19)(H,18,20)/t13-/m0/s1. The molecule has 21 heavy (non-hydrogen) atoms. The van der Waals surface area contributed by atoms with Gasteiger partial charge in [0.2, 0.25) is 5.91 Å². The number of amides is 2. The third-order valence-corrected chi connectivity index (χ3v) is 2.74. The summed E-state index contributed by atoms with van der Waals surface area (Å²) in [7, 11) is 0. The minimum atomic E-state index is -0.569. The Labute approximate surface area is 129 Å². The Hall–Kier alpha value is -1.26. The predicted octanol–water partition coefficient (Wildman–Crippen LogP) is 3.09. The van der Waals surface area contributed by atoms with Crippen LogP contribution in [-0.2, 0) is 9.53 Å². The van der Waals surface area contributed by atoms with Gasteiger partial charge in [0.25, 0.3) is 0 Å². The molecule has 2 N–H and O–H groups in total. The van der Waals surface area contributed by atoms with Crippen molar-refractivity contribution >= 4 is 12.0 Å². The highest BCUT2D eigenvalue weighted by atomic mass is 16.6. The van der Waals surface area contributed by atoms with Crippen LogP contribution in [0.25, 0.3) is 0 Å². The SMILES string of the molecule is CC(C)CCNC(=O)[C@H](CC(C)C)NC(=O)OC(C)(C)C. The number of ether oxygens (including phenoxy) is 1. The van der Waals surface area contributed by atoms with Crippen LogP contribution in [0.2, 0.25) is 0 Å². The molecule has 0 heterocycles. The summed E-state index contributed by atoms with van der Waals surface area (Å²) in [6, 6.07) is -0.549. The second-order valence-corrected chi connectivity index (χ2v) is 7.30. The molecule has 0 bridgehead atoms. The van der Waals surface area contributed by atoms with Gasteiger partial charge in [0.05, 0.1) is 0 Å². The largest absolute Gasteiger partial charge is 0.444 e. The Morgan fingerprint density at radius 3 is 2.05 bits per heavy atom. The lowest BCUT2D eigenvalue weighted by molar-refractivity contribution is -0.123. The van der Waals surface area contributed by atoms with E-state index in [0.717, 1.165) is 6.42 Å². The van der Waals surface area contributed by atoms with E-state index in [1.165, 1.54) is 0 Å². The lowest BCUT2D eigenvalue weighted by Crippen LogP contribution is -2.49. The zero-order chi connectivity index (χ0) is 16.6. The van der Waals surface area contributed by atoms with Crippen molar-refractivity contribution in [1.82, 2.24) is 10.6 Å². The lowest BCUT2D eigenvalue weighted by Gasteiger charge is -2.24. The molecule has 0 aromatic rings. The molecule has 2 amide bonds. The number of carbonyl (C=O) groups excluding carboxylic acids is 2. The van der Waals surface area contributed by atoms with Gasteiger partial charge in [-0.05, 0) is 45.4 Å². The maximum atomic E-state index is 12.2. The van der Waals surface area contributed by atoms with E-state index in [1.54, 1.807) is 20.8 Å². The molecule has 0 aliphatic rings. The van der Waals surface area contributed by atoms with Crippen LogP contribution < -0.4 is 10.6 Å². The summed E-state index contributed by atoms with van der Waals surface area (Å²) in [6.45, 7) is 14.3. The Morgan fingerprint density at radius 2 is 1.62 bits per heavy atom. The highest BCUT2D eigenvalue weighted by Gasteiger charge is 2.24. The van der Waals surface area contributed by atoms with Crippen LogP contribution >= 0.6 is 0 Å². The van der Waals surface area contributed by atoms with Crippen LogP contribution in [0.4, 0.5) is 4.79 Å². The average Bonchev–Trinajstić information content (AvgIpc) is 2.23. The van der Waals surface area contributed by atoms with Crippen LogP contribution in [0.1, 0.15) is 61.3 Å². The van der Waals surface area contributed by atoms with Crippen LogP contribution in [-0.4, -0.2) is 30.2 Å². The first kappa shape index (κ1) is 19.7. The van der Waals surface area contributed by atoms with E-state index in [9.17, 15) is 9.59 Å². The van der Waals surface area contributed by atoms with E-state index >= 15 is 0 Å².